The van der Waals surface area contributed by atoms with Crippen LogP contribution < -0.4 is 10.1 Å². The molecule has 0 aliphatic carbocycles. The maximum Gasteiger partial charge on any atom is 0.224 e. The molecule has 0 spiro atoms. The van der Waals surface area contributed by atoms with Crippen LogP contribution in [-0.4, -0.2) is 44.9 Å². The Labute approximate surface area is 199 Å². The number of sulfonamides is 1. The molecule has 9 heteroatoms. The van der Waals surface area contributed by atoms with Crippen molar-refractivity contribution in [1.82, 2.24) is 9.62 Å². The van der Waals surface area contributed by atoms with E-state index in [2.05, 4.69) is 5.32 Å². The van der Waals surface area contributed by atoms with E-state index in [-0.39, 0.29) is 24.1 Å². The second-order valence-electron chi connectivity index (χ2n) is 8.10. The topological polar surface area (TPSA) is 75.7 Å². The van der Waals surface area contributed by atoms with E-state index in [1.165, 1.54) is 10.4 Å². The third-order valence-electron chi connectivity index (χ3n) is 5.50. The molecule has 1 saturated heterocycles. The number of nitrogens with zero attached hydrogens (tertiary/aromatic N) is 1. The molecule has 6 nitrogen and oxygen atoms in total. The maximum absolute atomic E-state index is 12.9. The third kappa shape index (κ3) is 6.61. The molecule has 2 aromatic carbocycles. The summed E-state index contributed by atoms with van der Waals surface area (Å²) in [4.78, 5) is 12.6. The zero-order chi connectivity index (χ0) is 23.3. The smallest absolute Gasteiger partial charge is 0.224 e. The maximum atomic E-state index is 12.9. The van der Waals surface area contributed by atoms with E-state index in [4.69, 9.17) is 27.9 Å². The van der Waals surface area contributed by atoms with Crippen LogP contribution in [0.25, 0.3) is 0 Å². The van der Waals surface area contributed by atoms with E-state index in [1.54, 1.807) is 12.1 Å². The highest BCUT2D eigenvalue weighted by atomic mass is 35.5. The molecule has 1 amide bonds. The lowest BCUT2D eigenvalue weighted by Crippen LogP contribution is -2.46. The number of benzene rings is 2. The van der Waals surface area contributed by atoms with Gasteiger partial charge in [0.2, 0.25) is 15.9 Å². The molecule has 0 aromatic heterocycles. The Hall–Kier alpha value is -1.80. The predicted molar refractivity (Wildman–Crippen MR) is 128 cm³/mol. The summed E-state index contributed by atoms with van der Waals surface area (Å²) >= 11 is 12.0. The van der Waals surface area contributed by atoms with E-state index in [9.17, 15) is 13.2 Å². The number of hydrogen-bond acceptors (Lipinski definition) is 4. The third-order valence-corrected chi connectivity index (χ3v) is 7.89. The first-order chi connectivity index (χ1) is 15.2. The van der Waals surface area contributed by atoms with Crippen molar-refractivity contribution in [3.05, 3.63) is 63.1 Å². The van der Waals surface area contributed by atoms with E-state index >= 15 is 0 Å². The highest BCUT2D eigenvalue weighted by molar-refractivity contribution is 7.88. The second kappa shape index (κ2) is 10.9. The monoisotopic (exact) mass is 498 g/mol. The lowest BCUT2D eigenvalue weighted by molar-refractivity contribution is -0.126. The number of aryl methyl sites for hydroxylation is 2. The van der Waals surface area contributed by atoms with E-state index < -0.39 is 10.0 Å². The van der Waals surface area contributed by atoms with Crippen molar-refractivity contribution in [2.75, 3.05) is 26.2 Å². The fourth-order valence-corrected chi connectivity index (χ4v) is 5.87. The van der Waals surface area contributed by atoms with Crippen LogP contribution in [-0.2, 0) is 20.6 Å². The van der Waals surface area contributed by atoms with Crippen LogP contribution in [0.1, 0.15) is 29.5 Å². The standard InChI is InChI=1S/C23H28Cl2N2O4S/c1-16-5-6-17(2)22(12-16)31-11-9-26-23(28)18-4-3-10-27(14-18)32(29,30)15-19-7-8-20(24)13-21(19)25/h5-8,12-13,18H,3-4,9-11,14-15H2,1-2H3,(H,26,28)/t18-/m1/s1. The van der Waals surface area contributed by atoms with Crippen LogP contribution >= 0.6 is 23.2 Å². The molecule has 1 heterocycles. The number of rotatable bonds is 8. The average Bonchev–Trinajstić information content (AvgIpc) is 2.75. The highest BCUT2D eigenvalue weighted by Gasteiger charge is 2.32. The minimum Gasteiger partial charge on any atom is -0.491 e. The minimum absolute atomic E-state index is 0.154. The number of nitrogens with one attached hydrogen (secondary N) is 1. The molecule has 0 bridgehead atoms. The van der Waals surface area contributed by atoms with Crippen LogP contribution in [0.4, 0.5) is 0 Å². The Morgan fingerprint density at radius 3 is 2.72 bits per heavy atom. The molecule has 2 aromatic rings. The van der Waals surface area contributed by atoms with Gasteiger partial charge in [0.15, 0.2) is 0 Å². The van der Waals surface area contributed by atoms with Gasteiger partial charge in [-0.05, 0) is 61.6 Å². The normalized spacial score (nSPS) is 17.2. The predicted octanol–water partition coefficient (Wildman–Crippen LogP) is 4.35. The molecule has 1 aliphatic heterocycles. The molecule has 1 N–H and O–H groups in total. The molecule has 1 fully saturated rings. The van der Waals surface area contributed by atoms with Crippen molar-refractivity contribution in [1.29, 1.82) is 0 Å². The van der Waals surface area contributed by atoms with Crippen LogP contribution in [0.5, 0.6) is 5.75 Å². The summed E-state index contributed by atoms with van der Waals surface area (Å²) < 4.78 is 33.0. The summed E-state index contributed by atoms with van der Waals surface area (Å²) in [5, 5.41) is 3.64. The summed E-state index contributed by atoms with van der Waals surface area (Å²) in [6.45, 7) is 5.24. The van der Waals surface area contributed by atoms with Crippen molar-refractivity contribution in [3.8, 4) is 5.75 Å². The van der Waals surface area contributed by atoms with Gasteiger partial charge in [0.05, 0.1) is 18.2 Å². The molecule has 3 rings (SSSR count). The van der Waals surface area contributed by atoms with Gasteiger partial charge in [-0.3, -0.25) is 4.79 Å². The molecule has 1 aliphatic rings. The quantitative estimate of drug-likeness (QED) is 0.549. The number of halogens is 2. The summed E-state index contributed by atoms with van der Waals surface area (Å²) in [7, 11) is -3.61. The Bertz CT molecular complexity index is 1080. The number of hydrogen-bond donors (Lipinski definition) is 1. The molecule has 174 valence electrons. The number of amides is 1. The van der Waals surface area contributed by atoms with E-state index in [1.807, 2.05) is 32.0 Å². The van der Waals surface area contributed by atoms with Gasteiger partial charge in [-0.15, -0.1) is 0 Å². The van der Waals surface area contributed by atoms with Gasteiger partial charge in [-0.2, -0.15) is 0 Å². The summed E-state index contributed by atoms with van der Waals surface area (Å²) in [6.07, 6.45) is 1.28. The van der Waals surface area contributed by atoms with Gasteiger partial charge in [-0.1, -0.05) is 41.4 Å². The Kier molecular flexibility index (Phi) is 8.44. The van der Waals surface area contributed by atoms with Gasteiger partial charge in [0.1, 0.15) is 12.4 Å². The lowest BCUT2D eigenvalue weighted by atomic mass is 9.99. The average molecular weight is 499 g/mol. The largest absolute Gasteiger partial charge is 0.491 e. The van der Waals surface area contributed by atoms with Crippen molar-refractivity contribution < 1.29 is 17.9 Å². The van der Waals surface area contributed by atoms with Crippen molar-refractivity contribution in [3.63, 3.8) is 0 Å². The zero-order valence-corrected chi connectivity index (χ0v) is 20.6. The van der Waals surface area contributed by atoms with Crippen LogP contribution in [0.3, 0.4) is 0 Å². The molecule has 32 heavy (non-hydrogen) atoms. The molecule has 0 saturated carbocycles. The molecule has 0 radical (unpaired) electrons. The van der Waals surface area contributed by atoms with Crippen LogP contribution in [0.15, 0.2) is 36.4 Å². The van der Waals surface area contributed by atoms with Crippen LogP contribution in [0, 0.1) is 19.8 Å². The van der Waals surface area contributed by atoms with Gasteiger partial charge < -0.3 is 10.1 Å². The van der Waals surface area contributed by atoms with Crippen molar-refractivity contribution >= 4 is 39.1 Å². The van der Waals surface area contributed by atoms with Crippen molar-refractivity contribution in [2.24, 2.45) is 5.92 Å². The first-order valence-electron chi connectivity index (χ1n) is 10.6. The number of ether oxygens (including phenoxy) is 1. The highest BCUT2D eigenvalue weighted by Crippen LogP contribution is 2.26. The number of carbonyl (C=O) groups excluding carboxylic acids is 1. The van der Waals surface area contributed by atoms with Gasteiger partial charge in [-0.25, -0.2) is 12.7 Å². The minimum atomic E-state index is -3.61. The summed E-state index contributed by atoms with van der Waals surface area (Å²) in [5.74, 6) is 0.0371. The van der Waals surface area contributed by atoms with Crippen LogP contribution in [0.2, 0.25) is 10.0 Å². The van der Waals surface area contributed by atoms with Crippen molar-refractivity contribution in [2.45, 2.75) is 32.4 Å². The molecule has 1 atom stereocenters. The fourth-order valence-electron chi connectivity index (χ4n) is 3.68. The van der Waals surface area contributed by atoms with Gasteiger partial charge in [0.25, 0.3) is 0 Å². The fraction of sp³-hybridized carbons (Fsp3) is 0.435. The zero-order valence-electron chi connectivity index (χ0n) is 18.2. The number of piperidine rings is 1. The Morgan fingerprint density at radius 2 is 1.97 bits per heavy atom. The van der Waals surface area contributed by atoms with E-state index in [0.29, 0.717) is 48.1 Å². The second-order valence-corrected chi connectivity index (χ2v) is 10.9. The summed E-state index contributed by atoms with van der Waals surface area (Å²) in [6, 6.07) is 10.7. The molecular weight excluding hydrogens is 471 g/mol. The SMILES string of the molecule is Cc1ccc(C)c(OCCNC(=O)[C@@H]2CCCN(S(=O)(=O)Cc3ccc(Cl)cc3Cl)C2)c1. The molecular formula is C23H28Cl2N2O4S. The first kappa shape index (κ1) is 24.8. The van der Waals surface area contributed by atoms with Gasteiger partial charge in [0, 0.05) is 23.1 Å². The van der Waals surface area contributed by atoms with Gasteiger partial charge >= 0.3 is 0 Å². The van der Waals surface area contributed by atoms with E-state index in [0.717, 1.165) is 16.9 Å². The Balaban J connectivity index is 1.52. The first-order valence-corrected chi connectivity index (χ1v) is 12.9. The molecule has 0 unspecified atom stereocenters. The summed E-state index contributed by atoms with van der Waals surface area (Å²) in [5.41, 5.74) is 2.64. The number of carbonyl (C=O) groups is 1. The lowest BCUT2D eigenvalue weighted by Gasteiger charge is -2.31. The Morgan fingerprint density at radius 1 is 1.19 bits per heavy atom.